The van der Waals surface area contributed by atoms with Crippen LogP contribution in [0.5, 0.6) is 11.5 Å². The molecule has 186 valence electrons. The molecule has 0 aliphatic carbocycles. The number of esters is 1. The number of anilines is 2. The minimum atomic E-state index is -0.475. The molecule has 0 saturated carbocycles. The van der Waals surface area contributed by atoms with E-state index in [1.165, 1.54) is 14.2 Å². The van der Waals surface area contributed by atoms with Gasteiger partial charge in [0.2, 0.25) is 0 Å². The van der Waals surface area contributed by atoms with Crippen molar-refractivity contribution in [3.8, 4) is 11.5 Å². The summed E-state index contributed by atoms with van der Waals surface area (Å²) in [7, 11) is 4.88. The highest BCUT2D eigenvalue weighted by Crippen LogP contribution is 2.32. The van der Waals surface area contributed by atoms with Gasteiger partial charge in [0.25, 0.3) is 0 Å². The first-order valence-electron chi connectivity index (χ1n) is 11.0. The maximum Gasteiger partial charge on any atom is 0.338 e. The summed E-state index contributed by atoms with van der Waals surface area (Å²) in [5, 5.41) is 9.26. The third-order valence-corrected chi connectivity index (χ3v) is 5.82. The Labute approximate surface area is 210 Å². The van der Waals surface area contributed by atoms with Crippen LogP contribution in [0.15, 0.2) is 53.7 Å². The molecule has 0 bridgehead atoms. The predicted molar refractivity (Wildman–Crippen MR) is 139 cm³/mol. The van der Waals surface area contributed by atoms with Crippen molar-refractivity contribution in [3.63, 3.8) is 0 Å². The van der Waals surface area contributed by atoms with Gasteiger partial charge in [-0.1, -0.05) is 12.1 Å². The van der Waals surface area contributed by atoms with Crippen LogP contribution < -0.4 is 25.4 Å². The number of hydrogen-bond donors (Lipinski definition) is 3. The molecule has 1 unspecified atom stereocenters. The largest absolute Gasteiger partial charge is 0.497 e. The van der Waals surface area contributed by atoms with E-state index in [0.717, 1.165) is 11.3 Å². The molecule has 0 spiro atoms. The number of hydrogen-bond acceptors (Lipinski definition) is 6. The molecular weight excluding hydrogens is 468 g/mol. The van der Waals surface area contributed by atoms with Gasteiger partial charge in [-0.15, -0.1) is 0 Å². The molecule has 2 amide bonds. The fourth-order valence-electron chi connectivity index (χ4n) is 3.56. The highest BCUT2D eigenvalue weighted by Gasteiger charge is 2.33. The number of allylic oxidation sites excluding steroid dienone is 1. The second-order valence-corrected chi connectivity index (χ2v) is 8.58. The Morgan fingerprint density at radius 1 is 1.00 bits per heavy atom. The molecule has 0 fully saturated rings. The lowest BCUT2D eigenvalue weighted by molar-refractivity contribution is -0.143. The Kier molecular flexibility index (Phi) is 8.18. The van der Waals surface area contributed by atoms with E-state index in [4.69, 9.17) is 26.4 Å². The maximum absolute atomic E-state index is 12.9. The first-order valence-corrected chi connectivity index (χ1v) is 11.4. The first-order chi connectivity index (χ1) is 16.6. The van der Waals surface area contributed by atoms with Crippen LogP contribution >= 0.6 is 12.2 Å². The van der Waals surface area contributed by atoms with Gasteiger partial charge >= 0.3 is 12.0 Å². The van der Waals surface area contributed by atoms with Crippen molar-refractivity contribution in [3.05, 3.63) is 59.3 Å². The molecule has 0 saturated heterocycles. The zero-order valence-corrected chi connectivity index (χ0v) is 21.4. The normalized spacial score (nSPS) is 15.5. The van der Waals surface area contributed by atoms with E-state index in [0.29, 0.717) is 33.6 Å². The second kappa shape index (κ2) is 11.1. The van der Waals surface area contributed by atoms with Gasteiger partial charge in [0.1, 0.15) is 11.5 Å². The van der Waals surface area contributed by atoms with Crippen LogP contribution in [0, 0.1) is 0 Å². The summed E-state index contributed by atoms with van der Waals surface area (Å²) in [4.78, 5) is 27.1. The lowest BCUT2D eigenvalue weighted by Gasteiger charge is -2.35. The molecule has 0 aromatic heterocycles. The zero-order chi connectivity index (χ0) is 25.7. The molecule has 35 heavy (non-hydrogen) atoms. The molecule has 9 nitrogen and oxygen atoms in total. The van der Waals surface area contributed by atoms with Gasteiger partial charge in [-0.2, -0.15) is 0 Å². The van der Waals surface area contributed by atoms with Gasteiger partial charge in [0, 0.05) is 42.3 Å². The van der Waals surface area contributed by atoms with Gasteiger partial charge in [0.05, 0.1) is 31.9 Å². The Balaban J connectivity index is 1.77. The highest BCUT2D eigenvalue weighted by atomic mass is 32.1. The van der Waals surface area contributed by atoms with Crippen LogP contribution in [-0.4, -0.2) is 49.4 Å². The summed E-state index contributed by atoms with van der Waals surface area (Å²) in [6.45, 7) is 5.45. The number of urea groups is 1. The van der Waals surface area contributed by atoms with Gasteiger partial charge in [-0.05, 0) is 50.7 Å². The monoisotopic (exact) mass is 498 g/mol. The van der Waals surface area contributed by atoms with E-state index in [2.05, 4.69) is 16.0 Å². The molecule has 1 atom stereocenters. The van der Waals surface area contributed by atoms with Crippen molar-refractivity contribution < 1.29 is 23.8 Å². The lowest BCUT2D eigenvalue weighted by Crippen LogP contribution is -2.46. The van der Waals surface area contributed by atoms with E-state index in [-0.39, 0.29) is 6.10 Å². The van der Waals surface area contributed by atoms with Crippen molar-refractivity contribution in [2.45, 2.75) is 32.9 Å². The minimum Gasteiger partial charge on any atom is -0.497 e. The number of thiocarbonyl (C=S) groups is 1. The predicted octanol–water partition coefficient (Wildman–Crippen LogP) is 4.43. The highest BCUT2D eigenvalue weighted by molar-refractivity contribution is 7.80. The van der Waals surface area contributed by atoms with E-state index in [1.54, 1.807) is 56.1 Å². The van der Waals surface area contributed by atoms with E-state index in [1.807, 2.05) is 19.1 Å². The Morgan fingerprint density at radius 2 is 1.57 bits per heavy atom. The number of carbonyl (C=O) groups is 2. The number of carbonyl (C=O) groups excluding carboxylic acids is 2. The number of ether oxygens (including phenoxy) is 3. The molecule has 10 heteroatoms. The minimum absolute atomic E-state index is 0.253. The van der Waals surface area contributed by atoms with Crippen molar-refractivity contribution in [1.82, 2.24) is 10.2 Å². The average Bonchev–Trinajstić information content (AvgIpc) is 2.81. The van der Waals surface area contributed by atoms with Crippen molar-refractivity contribution in [1.29, 1.82) is 0 Å². The number of nitrogens with zero attached hydrogens (tertiary/aromatic N) is 1. The van der Waals surface area contributed by atoms with Crippen molar-refractivity contribution >= 4 is 40.7 Å². The van der Waals surface area contributed by atoms with Gasteiger partial charge in [-0.3, -0.25) is 0 Å². The van der Waals surface area contributed by atoms with Crippen LogP contribution in [0.2, 0.25) is 0 Å². The molecule has 2 aromatic carbocycles. The van der Waals surface area contributed by atoms with Crippen LogP contribution in [0.3, 0.4) is 0 Å². The lowest BCUT2D eigenvalue weighted by atomic mass is 9.95. The van der Waals surface area contributed by atoms with E-state index >= 15 is 0 Å². The summed E-state index contributed by atoms with van der Waals surface area (Å²) >= 11 is 5.44. The van der Waals surface area contributed by atoms with Crippen LogP contribution in [-0.2, 0) is 9.53 Å². The van der Waals surface area contributed by atoms with Crippen LogP contribution in [0.4, 0.5) is 16.2 Å². The molecule has 1 heterocycles. The smallest absolute Gasteiger partial charge is 0.338 e. The van der Waals surface area contributed by atoms with Gasteiger partial charge < -0.3 is 35.1 Å². The average molecular weight is 499 g/mol. The molecule has 2 aromatic rings. The molecule has 1 aliphatic heterocycles. The van der Waals surface area contributed by atoms with Crippen molar-refractivity contribution in [2.75, 3.05) is 31.9 Å². The number of rotatable bonds is 7. The summed E-state index contributed by atoms with van der Waals surface area (Å²) < 4.78 is 15.9. The van der Waals surface area contributed by atoms with Gasteiger partial charge in [-0.25, -0.2) is 9.59 Å². The van der Waals surface area contributed by atoms with Crippen LogP contribution in [0.1, 0.15) is 32.4 Å². The summed E-state index contributed by atoms with van der Waals surface area (Å²) in [6, 6.07) is 11.3. The fraction of sp³-hybridized carbons (Fsp3) is 0.320. The fourth-order valence-corrected chi connectivity index (χ4v) is 3.81. The van der Waals surface area contributed by atoms with Crippen molar-refractivity contribution in [2.24, 2.45) is 0 Å². The molecule has 0 radical (unpaired) electrons. The third kappa shape index (κ3) is 6.21. The standard InChI is InChI=1S/C25H30N4O5S/c1-14(2)34-23(30)21-15(3)29(4)25(35)28-22(21)16-7-9-17(10-8-16)26-24(31)27-18-11-19(32-5)13-20(12-18)33-6/h7-14,22H,1-6H3,(H,28,35)(H2,26,27,31). The molecule has 3 N–H and O–H groups in total. The second-order valence-electron chi connectivity index (χ2n) is 8.20. The molecule has 3 rings (SSSR count). The quantitative estimate of drug-likeness (QED) is 0.381. The topological polar surface area (TPSA) is 101 Å². The van der Waals surface area contributed by atoms with E-state index in [9.17, 15) is 9.59 Å². The maximum atomic E-state index is 12.9. The van der Waals surface area contributed by atoms with E-state index < -0.39 is 18.0 Å². The SMILES string of the molecule is COc1cc(NC(=O)Nc2ccc(C3NC(=S)N(C)C(C)=C3C(=O)OC(C)C)cc2)cc(OC)c1. The summed E-state index contributed by atoms with van der Waals surface area (Å²) in [5.74, 6) is 0.713. The van der Waals surface area contributed by atoms with Gasteiger partial charge in [0.15, 0.2) is 5.11 Å². The Hall–Kier alpha value is -3.79. The zero-order valence-electron chi connectivity index (χ0n) is 20.6. The molecule has 1 aliphatic rings. The Morgan fingerprint density at radius 3 is 2.11 bits per heavy atom. The van der Waals surface area contributed by atoms with Crippen LogP contribution in [0.25, 0.3) is 0 Å². The number of methoxy groups -OCH3 is 2. The number of benzene rings is 2. The first kappa shape index (κ1) is 25.8. The summed E-state index contributed by atoms with van der Waals surface area (Å²) in [6.07, 6.45) is -0.253. The Bertz CT molecular complexity index is 1120. The molecular formula is C25H30N4O5S. The third-order valence-electron chi connectivity index (χ3n) is 5.43. The number of nitrogens with one attached hydrogen (secondary N) is 3. The summed E-state index contributed by atoms with van der Waals surface area (Å²) in [5.41, 5.74) is 3.11. The number of amides is 2.